The number of carbonyl (C=O) groups is 2. The van der Waals surface area contributed by atoms with Gasteiger partial charge in [-0.25, -0.2) is 4.79 Å². The molecule has 5 nitrogen and oxygen atoms in total. The third-order valence-corrected chi connectivity index (χ3v) is 4.94. The molecule has 6 heteroatoms. The van der Waals surface area contributed by atoms with E-state index in [1.165, 1.54) is 0 Å². The Morgan fingerprint density at radius 3 is 2.75 bits per heavy atom. The van der Waals surface area contributed by atoms with Crippen molar-refractivity contribution >= 4 is 23.3 Å². The predicted molar refractivity (Wildman–Crippen MR) is 97.8 cm³/mol. The molecule has 130 valence electrons. The molecule has 2 rings (SSSR count). The van der Waals surface area contributed by atoms with Crippen LogP contribution in [0.5, 0.6) is 0 Å². The minimum Gasteiger partial charge on any atom is -0.335 e. The molecule has 0 spiro atoms. The van der Waals surface area contributed by atoms with E-state index in [1.807, 2.05) is 17.5 Å². The first-order chi connectivity index (χ1) is 11.7. The van der Waals surface area contributed by atoms with Gasteiger partial charge in [0.2, 0.25) is 5.91 Å². The zero-order valence-electron chi connectivity index (χ0n) is 13.9. The second-order valence-electron chi connectivity index (χ2n) is 5.84. The van der Waals surface area contributed by atoms with Crippen LogP contribution in [0.15, 0.2) is 42.8 Å². The Hall–Kier alpha value is -2.08. The molecule has 0 aliphatic carbocycles. The van der Waals surface area contributed by atoms with Crippen LogP contribution in [0.1, 0.15) is 17.7 Å². The molecule has 0 aromatic carbocycles. The van der Waals surface area contributed by atoms with Crippen molar-refractivity contribution < 1.29 is 9.59 Å². The number of piperidine rings is 1. The van der Waals surface area contributed by atoms with E-state index < -0.39 is 0 Å². The van der Waals surface area contributed by atoms with Crippen molar-refractivity contribution in [3.63, 3.8) is 0 Å². The van der Waals surface area contributed by atoms with Crippen molar-refractivity contribution in [3.05, 3.63) is 47.7 Å². The minimum atomic E-state index is -0.147. The van der Waals surface area contributed by atoms with Gasteiger partial charge in [-0.3, -0.25) is 4.79 Å². The summed E-state index contributed by atoms with van der Waals surface area (Å²) in [5.41, 5.74) is 0. The summed E-state index contributed by atoms with van der Waals surface area (Å²) in [5, 5.41) is 4.92. The Morgan fingerprint density at radius 2 is 2.12 bits per heavy atom. The summed E-state index contributed by atoms with van der Waals surface area (Å²) in [7, 11) is 0. The number of thiophene rings is 1. The lowest BCUT2D eigenvalue weighted by atomic mass is 9.96. The quantitative estimate of drug-likeness (QED) is 0.771. The van der Waals surface area contributed by atoms with E-state index in [4.69, 9.17) is 0 Å². The van der Waals surface area contributed by atoms with E-state index in [0.29, 0.717) is 32.7 Å². The van der Waals surface area contributed by atoms with Gasteiger partial charge in [0.1, 0.15) is 0 Å². The lowest BCUT2D eigenvalue weighted by Gasteiger charge is -2.34. The SMILES string of the molecule is C=CCN(CC=C)C(=O)C1CCCN(C(=O)NCc2cccs2)C1. The fraction of sp³-hybridized carbons (Fsp3) is 0.444. The maximum atomic E-state index is 12.7. The second kappa shape index (κ2) is 9.27. The number of nitrogens with one attached hydrogen (secondary N) is 1. The highest BCUT2D eigenvalue weighted by molar-refractivity contribution is 7.09. The zero-order valence-corrected chi connectivity index (χ0v) is 14.8. The fourth-order valence-electron chi connectivity index (χ4n) is 2.88. The molecule has 3 amide bonds. The summed E-state index contributed by atoms with van der Waals surface area (Å²) in [6.45, 7) is 10.1. The number of hydrogen-bond donors (Lipinski definition) is 1. The average molecular weight is 347 g/mol. The lowest BCUT2D eigenvalue weighted by Crippen LogP contribution is -2.49. The summed E-state index contributed by atoms with van der Waals surface area (Å²) < 4.78 is 0. The van der Waals surface area contributed by atoms with Crippen molar-refractivity contribution in [3.8, 4) is 0 Å². The van der Waals surface area contributed by atoms with E-state index >= 15 is 0 Å². The van der Waals surface area contributed by atoms with Crippen LogP contribution in [0.2, 0.25) is 0 Å². The zero-order chi connectivity index (χ0) is 17.4. The lowest BCUT2D eigenvalue weighted by molar-refractivity contribution is -0.135. The Kier molecular flexibility index (Phi) is 7.06. The van der Waals surface area contributed by atoms with Crippen LogP contribution in [-0.4, -0.2) is 47.9 Å². The van der Waals surface area contributed by atoms with E-state index in [1.54, 1.807) is 33.3 Å². The maximum Gasteiger partial charge on any atom is 0.317 e. The third-order valence-electron chi connectivity index (χ3n) is 4.06. The van der Waals surface area contributed by atoms with Crippen LogP contribution in [-0.2, 0) is 11.3 Å². The van der Waals surface area contributed by atoms with Gasteiger partial charge in [0.05, 0.1) is 12.5 Å². The molecule has 1 aromatic rings. The highest BCUT2D eigenvalue weighted by atomic mass is 32.1. The molecule has 0 bridgehead atoms. The van der Waals surface area contributed by atoms with Gasteiger partial charge in [-0.05, 0) is 24.3 Å². The molecular weight excluding hydrogens is 322 g/mol. The number of carbonyl (C=O) groups excluding carboxylic acids is 2. The first kappa shape index (κ1) is 18.3. The highest BCUT2D eigenvalue weighted by Gasteiger charge is 2.30. The third kappa shape index (κ3) is 4.96. The fourth-order valence-corrected chi connectivity index (χ4v) is 3.52. The van der Waals surface area contributed by atoms with Crippen LogP contribution in [0.4, 0.5) is 4.79 Å². The van der Waals surface area contributed by atoms with Crippen LogP contribution >= 0.6 is 11.3 Å². The molecule has 1 aliphatic heterocycles. The molecule has 1 N–H and O–H groups in total. The molecule has 1 aliphatic rings. The van der Waals surface area contributed by atoms with E-state index in [0.717, 1.165) is 17.7 Å². The summed E-state index contributed by atoms with van der Waals surface area (Å²) in [5.74, 6) is -0.0725. The first-order valence-corrected chi connectivity index (χ1v) is 9.09. The Balaban J connectivity index is 1.89. The molecule has 1 aromatic heterocycles. The second-order valence-corrected chi connectivity index (χ2v) is 6.88. The molecule has 1 saturated heterocycles. The molecule has 24 heavy (non-hydrogen) atoms. The topological polar surface area (TPSA) is 52.7 Å². The van der Waals surface area contributed by atoms with Crippen LogP contribution in [0.25, 0.3) is 0 Å². The molecule has 0 saturated carbocycles. The van der Waals surface area contributed by atoms with Crippen molar-refractivity contribution in [2.24, 2.45) is 5.92 Å². The number of rotatable bonds is 7. The number of likely N-dealkylation sites (tertiary alicyclic amines) is 1. The van der Waals surface area contributed by atoms with Gasteiger partial charge in [-0.1, -0.05) is 18.2 Å². The number of nitrogens with zero attached hydrogens (tertiary/aromatic N) is 2. The van der Waals surface area contributed by atoms with Gasteiger partial charge in [0, 0.05) is 31.1 Å². The highest BCUT2D eigenvalue weighted by Crippen LogP contribution is 2.19. The van der Waals surface area contributed by atoms with Crippen LogP contribution in [0.3, 0.4) is 0 Å². The number of amides is 3. The van der Waals surface area contributed by atoms with Gasteiger partial charge in [-0.2, -0.15) is 0 Å². The van der Waals surface area contributed by atoms with E-state index in [2.05, 4.69) is 18.5 Å². The molecule has 2 heterocycles. The molecule has 0 radical (unpaired) electrons. The average Bonchev–Trinajstić information content (AvgIpc) is 3.12. The molecule has 1 unspecified atom stereocenters. The summed E-state index contributed by atoms with van der Waals surface area (Å²) in [6, 6.07) is 3.87. The smallest absolute Gasteiger partial charge is 0.317 e. The number of hydrogen-bond acceptors (Lipinski definition) is 3. The summed E-state index contributed by atoms with van der Waals surface area (Å²) in [4.78, 5) is 29.6. The monoisotopic (exact) mass is 347 g/mol. The summed E-state index contributed by atoms with van der Waals surface area (Å²) >= 11 is 1.62. The van der Waals surface area contributed by atoms with Gasteiger partial charge in [-0.15, -0.1) is 24.5 Å². The Labute approximate surface area is 147 Å². The van der Waals surface area contributed by atoms with E-state index in [-0.39, 0.29) is 17.9 Å². The largest absolute Gasteiger partial charge is 0.335 e. The molecule has 1 atom stereocenters. The van der Waals surface area contributed by atoms with Gasteiger partial charge >= 0.3 is 6.03 Å². The molecule has 1 fully saturated rings. The van der Waals surface area contributed by atoms with E-state index in [9.17, 15) is 9.59 Å². The van der Waals surface area contributed by atoms with Crippen LogP contribution in [0, 0.1) is 5.92 Å². The standard InChI is InChI=1S/C18H25N3O2S/c1-3-9-20(10-4-2)17(22)15-7-5-11-21(14-15)18(23)19-13-16-8-6-12-24-16/h3-4,6,8,12,15H,1-2,5,7,9-11,13-14H2,(H,19,23). The Morgan fingerprint density at radius 1 is 1.38 bits per heavy atom. The van der Waals surface area contributed by atoms with Gasteiger partial charge < -0.3 is 15.1 Å². The summed E-state index contributed by atoms with van der Waals surface area (Å²) in [6.07, 6.45) is 5.10. The van der Waals surface area contributed by atoms with Crippen LogP contribution < -0.4 is 5.32 Å². The van der Waals surface area contributed by atoms with Crippen molar-refractivity contribution in [2.75, 3.05) is 26.2 Å². The van der Waals surface area contributed by atoms with Gasteiger partial charge in [0.15, 0.2) is 0 Å². The van der Waals surface area contributed by atoms with Crippen molar-refractivity contribution in [1.82, 2.24) is 15.1 Å². The predicted octanol–water partition coefficient (Wildman–Crippen LogP) is 2.87. The number of urea groups is 1. The van der Waals surface area contributed by atoms with Crippen molar-refractivity contribution in [2.45, 2.75) is 19.4 Å². The van der Waals surface area contributed by atoms with Crippen molar-refractivity contribution in [1.29, 1.82) is 0 Å². The maximum absolute atomic E-state index is 12.7. The van der Waals surface area contributed by atoms with Gasteiger partial charge in [0.25, 0.3) is 0 Å². The minimum absolute atomic E-state index is 0.0746. The normalized spacial score (nSPS) is 17.2. The molecular formula is C18H25N3O2S. The first-order valence-electron chi connectivity index (χ1n) is 8.21. The Bertz CT molecular complexity index is 561.